The minimum Gasteiger partial charge on any atom is -0.469 e. The lowest BCUT2D eigenvalue weighted by Crippen LogP contribution is -2.40. The van der Waals surface area contributed by atoms with Crippen LogP contribution < -0.4 is 0 Å². The van der Waals surface area contributed by atoms with E-state index >= 15 is 0 Å². The van der Waals surface area contributed by atoms with Gasteiger partial charge in [-0.2, -0.15) is 0 Å². The lowest BCUT2D eigenvalue weighted by Gasteiger charge is -2.36. The van der Waals surface area contributed by atoms with Gasteiger partial charge in [-0.3, -0.25) is 9.59 Å². The summed E-state index contributed by atoms with van der Waals surface area (Å²) < 4.78 is 16.5. The molecule has 29 heavy (non-hydrogen) atoms. The summed E-state index contributed by atoms with van der Waals surface area (Å²) in [6.07, 6.45) is 10.9. The Hall–Kier alpha value is -1.14. The molecule has 0 bridgehead atoms. The predicted octanol–water partition coefficient (Wildman–Crippen LogP) is 5.26. The van der Waals surface area contributed by atoms with Gasteiger partial charge in [0.05, 0.1) is 18.9 Å². The Morgan fingerprint density at radius 1 is 1.17 bits per heavy atom. The predicted molar refractivity (Wildman–Crippen MR) is 117 cm³/mol. The first kappa shape index (κ1) is 24.1. The maximum Gasteiger partial charge on any atom is 0.313 e. The van der Waals surface area contributed by atoms with E-state index in [0.717, 1.165) is 25.9 Å². The summed E-state index contributed by atoms with van der Waals surface area (Å²) in [5.41, 5.74) is 0. The number of rotatable bonds is 10. The second-order valence-electron chi connectivity index (χ2n) is 10.1. The standard InChI is InChI=1S/C23H40O5Si/c1-23(2,3)29(5,6)27-14-12-10-8-7-9-11-13-18-19-15-17(21(24)26-4)16-20(19)28-22(18)25/h11,13,17-20H,7-10,12,14-16H2,1-6H3/t17-,18+,19-,20+/m0/s1. The van der Waals surface area contributed by atoms with Crippen LogP contribution in [-0.2, 0) is 23.5 Å². The van der Waals surface area contributed by atoms with E-state index in [0.29, 0.717) is 12.8 Å². The van der Waals surface area contributed by atoms with Crippen LogP contribution in [-0.4, -0.2) is 40.1 Å². The van der Waals surface area contributed by atoms with Crippen molar-refractivity contribution < 1.29 is 23.5 Å². The minimum absolute atomic E-state index is 0.121. The third kappa shape index (κ3) is 6.42. The van der Waals surface area contributed by atoms with Gasteiger partial charge in [0.1, 0.15) is 6.10 Å². The first-order valence-electron chi connectivity index (χ1n) is 11.2. The van der Waals surface area contributed by atoms with Gasteiger partial charge in [-0.05, 0) is 50.2 Å². The van der Waals surface area contributed by atoms with Crippen molar-refractivity contribution >= 4 is 20.3 Å². The molecule has 166 valence electrons. The molecule has 1 saturated heterocycles. The Bertz CT molecular complexity index is 593. The average molecular weight is 425 g/mol. The average Bonchev–Trinajstić information content (AvgIpc) is 3.16. The fraction of sp³-hybridized carbons (Fsp3) is 0.826. The number of hydrogen-bond acceptors (Lipinski definition) is 5. The molecule has 0 aromatic heterocycles. The summed E-state index contributed by atoms with van der Waals surface area (Å²) in [6, 6.07) is 0. The van der Waals surface area contributed by atoms with Crippen LogP contribution in [0.5, 0.6) is 0 Å². The van der Waals surface area contributed by atoms with E-state index < -0.39 is 8.32 Å². The quantitative estimate of drug-likeness (QED) is 0.207. The summed E-state index contributed by atoms with van der Waals surface area (Å²) in [4.78, 5) is 23.9. The van der Waals surface area contributed by atoms with Gasteiger partial charge in [-0.15, -0.1) is 0 Å². The van der Waals surface area contributed by atoms with Crippen LogP contribution in [0.4, 0.5) is 0 Å². The van der Waals surface area contributed by atoms with Crippen molar-refractivity contribution in [1.29, 1.82) is 0 Å². The molecule has 0 spiro atoms. The highest BCUT2D eigenvalue weighted by Crippen LogP contribution is 2.44. The first-order chi connectivity index (χ1) is 13.6. The van der Waals surface area contributed by atoms with Crippen molar-refractivity contribution in [2.75, 3.05) is 13.7 Å². The van der Waals surface area contributed by atoms with Crippen molar-refractivity contribution in [3.63, 3.8) is 0 Å². The third-order valence-electron chi connectivity index (χ3n) is 6.96. The van der Waals surface area contributed by atoms with Gasteiger partial charge in [0, 0.05) is 12.5 Å². The highest BCUT2D eigenvalue weighted by Gasteiger charge is 2.51. The molecule has 1 aliphatic carbocycles. The number of fused-ring (bicyclic) bond motifs is 1. The number of allylic oxidation sites excluding steroid dienone is 1. The lowest BCUT2D eigenvalue weighted by molar-refractivity contribution is -0.149. The highest BCUT2D eigenvalue weighted by atomic mass is 28.4. The van der Waals surface area contributed by atoms with Crippen LogP contribution in [0.2, 0.25) is 18.1 Å². The summed E-state index contributed by atoms with van der Waals surface area (Å²) in [5, 5.41) is 0.272. The van der Waals surface area contributed by atoms with Gasteiger partial charge in [0.2, 0.25) is 0 Å². The third-order valence-corrected chi connectivity index (χ3v) is 11.5. The van der Waals surface area contributed by atoms with E-state index in [9.17, 15) is 9.59 Å². The van der Waals surface area contributed by atoms with Crippen molar-refractivity contribution in [3.8, 4) is 0 Å². The molecule has 1 saturated carbocycles. The van der Waals surface area contributed by atoms with Gasteiger partial charge in [-0.25, -0.2) is 0 Å². The van der Waals surface area contributed by atoms with Gasteiger partial charge in [0.15, 0.2) is 8.32 Å². The van der Waals surface area contributed by atoms with Crippen molar-refractivity contribution in [3.05, 3.63) is 12.2 Å². The van der Waals surface area contributed by atoms with E-state index in [-0.39, 0.29) is 40.8 Å². The minimum atomic E-state index is -1.62. The Morgan fingerprint density at radius 2 is 1.86 bits per heavy atom. The fourth-order valence-corrected chi connectivity index (χ4v) is 5.12. The van der Waals surface area contributed by atoms with Crippen molar-refractivity contribution in [2.24, 2.45) is 17.8 Å². The molecule has 4 atom stereocenters. The SMILES string of the molecule is COC(=O)[C@H]1C[C@@H]2[C@@H](C1)OC(=O)[C@@H]2C=CCCCCCCO[Si](C)(C)C(C)(C)C. The summed E-state index contributed by atoms with van der Waals surface area (Å²) >= 11 is 0. The Balaban J connectivity index is 1.62. The molecule has 0 amide bonds. The number of hydrogen-bond donors (Lipinski definition) is 0. The summed E-state index contributed by atoms with van der Waals surface area (Å²) in [5.74, 6) is -0.534. The zero-order valence-electron chi connectivity index (χ0n) is 19.2. The second-order valence-corrected chi connectivity index (χ2v) is 14.9. The number of methoxy groups -OCH3 is 1. The van der Waals surface area contributed by atoms with E-state index in [4.69, 9.17) is 13.9 Å². The molecule has 2 rings (SSSR count). The van der Waals surface area contributed by atoms with Gasteiger partial charge in [-0.1, -0.05) is 45.8 Å². The molecular weight excluding hydrogens is 384 g/mol. The normalized spacial score (nSPS) is 27.3. The zero-order valence-corrected chi connectivity index (χ0v) is 20.2. The molecule has 2 aliphatic rings. The molecule has 0 unspecified atom stereocenters. The smallest absolute Gasteiger partial charge is 0.313 e. The lowest BCUT2D eigenvalue weighted by atomic mass is 9.90. The summed E-state index contributed by atoms with van der Waals surface area (Å²) in [6.45, 7) is 12.3. The Labute approximate surface area is 177 Å². The van der Waals surface area contributed by atoms with Gasteiger partial charge >= 0.3 is 11.9 Å². The van der Waals surface area contributed by atoms with Crippen molar-refractivity contribution in [1.82, 2.24) is 0 Å². The van der Waals surface area contributed by atoms with Gasteiger partial charge in [0.25, 0.3) is 0 Å². The van der Waals surface area contributed by atoms with Crippen LogP contribution in [0, 0.1) is 17.8 Å². The molecule has 0 radical (unpaired) electrons. The maximum atomic E-state index is 12.1. The topological polar surface area (TPSA) is 61.8 Å². The van der Waals surface area contributed by atoms with Gasteiger partial charge < -0.3 is 13.9 Å². The largest absolute Gasteiger partial charge is 0.469 e. The van der Waals surface area contributed by atoms with Crippen LogP contribution in [0.1, 0.15) is 65.7 Å². The highest BCUT2D eigenvalue weighted by molar-refractivity contribution is 6.74. The molecule has 0 aromatic rings. The maximum absolute atomic E-state index is 12.1. The number of ether oxygens (including phenoxy) is 2. The number of esters is 2. The van der Waals surface area contributed by atoms with E-state index in [1.807, 2.05) is 6.08 Å². The zero-order chi connectivity index (χ0) is 21.7. The number of carbonyl (C=O) groups excluding carboxylic acids is 2. The van der Waals surface area contributed by atoms with Crippen LogP contribution in [0.25, 0.3) is 0 Å². The number of unbranched alkanes of at least 4 members (excludes halogenated alkanes) is 4. The van der Waals surface area contributed by atoms with E-state index in [1.165, 1.54) is 20.0 Å². The van der Waals surface area contributed by atoms with Crippen LogP contribution in [0.15, 0.2) is 12.2 Å². The summed E-state index contributed by atoms with van der Waals surface area (Å²) in [7, 11) is -0.201. The molecule has 2 fully saturated rings. The van der Waals surface area contributed by atoms with Crippen LogP contribution in [0.3, 0.4) is 0 Å². The van der Waals surface area contributed by atoms with E-state index in [2.05, 4.69) is 39.9 Å². The molecule has 0 aromatic carbocycles. The monoisotopic (exact) mass is 424 g/mol. The molecule has 1 heterocycles. The van der Waals surface area contributed by atoms with E-state index in [1.54, 1.807) is 0 Å². The molecular formula is C23H40O5Si. The fourth-order valence-electron chi connectivity index (χ4n) is 4.03. The molecule has 6 heteroatoms. The molecule has 5 nitrogen and oxygen atoms in total. The number of carbonyl (C=O) groups is 2. The first-order valence-corrected chi connectivity index (χ1v) is 14.1. The molecule has 0 N–H and O–H groups in total. The second kappa shape index (κ2) is 10.2. The Kier molecular flexibility index (Phi) is 8.53. The molecule has 1 aliphatic heterocycles. The van der Waals surface area contributed by atoms with Crippen molar-refractivity contribution in [2.45, 2.75) is 90.0 Å². The Morgan fingerprint density at radius 3 is 2.52 bits per heavy atom. The van der Waals surface area contributed by atoms with Crippen LogP contribution >= 0.6 is 0 Å².